The number of fused-ring (bicyclic) bond motifs is 1. The summed E-state index contributed by atoms with van der Waals surface area (Å²) in [5.41, 5.74) is 7.41. The predicted molar refractivity (Wildman–Crippen MR) is 62.9 cm³/mol. The van der Waals surface area contributed by atoms with Gasteiger partial charge in [-0.25, -0.2) is 4.98 Å². The molecule has 3 aromatic rings. The first-order valence-electron chi connectivity index (χ1n) is 4.83. The van der Waals surface area contributed by atoms with Crippen molar-refractivity contribution in [3.63, 3.8) is 0 Å². The average molecular weight is 231 g/mol. The van der Waals surface area contributed by atoms with Gasteiger partial charge in [-0.2, -0.15) is 0 Å². The molecule has 5 nitrogen and oxygen atoms in total. The Labute approximate surface area is 95.4 Å². The zero-order valence-electron chi connectivity index (χ0n) is 8.34. The van der Waals surface area contributed by atoms with Gasteiger partial charge in [0.05, 0.1) is 0 Å². The highest BCUT2D eigenvalue weighted by atomic mass is 32.1. The third kappa shape index (κ3) is 1.39. The number of rotatable bonds is 2. The Morgan fingerprint density at radius 3 is 3.12 bits per heavy atom. The normalized spacial score (nSPS) is 11.1. The van der Waals surface area contributed by atoms with E-state index in [1.165, 1.54) is 11.3 Å². The topological polar surface area (TPSA) is 80.5 Å². The second-order valence-electron chi connectivity index (χ2n) is 3.31. The van der Waals surface area contributed by atoms with Gasteiger partial charge in [-0.1, -0.05) is 11.3 Å². The van der Waals surface area contributed by atoms with Crippen molar-refractivity contribution in [1.29, 1.82) is 0 Å². The lowest BCUT2D eigenvalue weighted by molar-refractivity contribution is 0.960. The number of nitrogens with two attached hydrogens (primary N) is 1. The summed E-state index contributed by atoms with van der Waals surface area (Å²) >= 11 is 1.51. The lowest BCUT2D eigenvalue weighted by Crippen LogP contribution is -1.94. The van der Waals surface area contributed by atoms with Gasteiger partial charge in [-0.15, -0.1) is 10.2 Å². The Kier molecular flexibility index (Phi) is 2.16. The van der Waals surface area contributed by atoms with E-state index < -0.39 is 0 Å². The van der Waals surface area contributed by atoms with Crippen LogP contribution in [0, 0.1) is 0 Å². The van der Waals surface area contributed by atoms with Crippen LogP contribution in [0.2, 0.25) is 0 Å². The summed E-state index contributed by atoms with van der Waals surface area (Å²) in [4.78, 5) is 7.34. The van der Waals surface area contributed by atoms with Crippen molar-refractivity contribution in [2.45, 2.75) is 6.54 Å². The Balaban J connectivity index is 2.18. The minimum atomic E-state index is 0.429. The number of hydrogen-bond donors (Lipinski definition) is 2. The summed E-state index contributed by atoms with van der Waals surface area (Å²) in [6.07, 6.45) is 3.66. The van der Waals surface area contributed by atoms with Gasteiger partial charge in [-0.3, -0.25) is 0 Å². The number of hydrogen-bond acceptors (Lipinski definition) is 5. The number of nitrogens with one attached hydrogen (secondary N) is 1. The van der Waals surface area contributed by atoms with E-state index in [1.54, 1.807) is 6.20 Å². The minimum absolute atomic E-state index is 0.429. The largest absolute Gasteiger partial charge is 0.345 e. The van der Waals surface area contributed by atoms with Crippen LogP contribution in [-0.4, -0.2) is 20.2 Å². The van der Waals surface area contributed by atoms with Crippen LogP contribution in [-0.2, 0) is 6.54 Å². The number of aromatic nitrogens is 4. The zero-order chi connectivity index (χ0) is 11.0. The SMILES string of the molecule is NCc1nnc(-c2c[nH]c3ncccc23)s1. The quantitative estimate of drug-likeness (QED) is 0.701. The summed E-state index contributed by atoms with van der Waals surface area (Å²) in [7, 11) is 0. The molecule has 16 heavy (non-hydrogen) atoms. The fraction of sp³-hybridized carbons (Fsp3) is 0.100. The van der Waals surface area contributed by atoms with Gasteiger partial charge in [-0.05, 0) is 12.1 Å². The van der Waals surface area contributed by atoms with Crippen LogP contribution in [0.1, 0.15) is 5.01 Å². The summed E-state index contributed by atoms with van der Waals surface area (Å²) in [5.74, 6) is 0. The van der Waals surface area contributed by atoms with Gasteiger partial charge in [0.15, 0.2) is 0 Å². The standard InChI is InChI=1S/C10H9N5S/c11-4-8-14-15-10(16-8)7-5-13-9-6(7)2-1-3-12-9/h1-3,5H,4,11H2,(H,12,13). The van der Waals surface area contributed by atoms with Crippen LogP contribution in [0.5, 0.6) is 0 Å². The molecule has 3 rings (SSSR count). The lowest BCUT2D eigenvalue weighted by atomic mass is 10.2. The maximum atomic E-state index is 5.52. The van der Waals surface area contributed by atoms with E-state index in [0.29, 0.717) is 6.54 Å². The molecule has 0 aliphatic rings. The van der Waals surface area contributed by atoms with Crippen molar-refractivity contribution in [2.24, 2.45) is 5.73 Å². The van der Waals surface area contributed by atoms with Gasteiger partial charge in [0.2, 0.25) is 0 Å². The molecule has 3 N–H and O–H groups in total. The van der Waals surface area contributed by atoms with Gasteiger partial charge in [0.25, 0.3) is 0 Å². The van der Waals surface area contributed by atoms with Crippen LogP contribution >= 0.6 is 11.3 Å². The van der Waals surface area contributed by atoms with Crippen LogP contribution in [0.25, 0.3) is 21.6 Å². The molecule has 80 valence electrons. The molecule has 0 aromatic carbocycles. The van der Waals surface area contributed by atoms with Crippen molar-refractivity contribution in [1.82, 2.24) is 20.2 Å². The summed E-state index contributed by atoms with van der Waals surface area (Å²) in [6, 6.07) is 3.92. The van der Waals surface area contributed by atoms with Crippen LogP contribution in [0.3, 0.4) is 0 Å². The molecule has 3 heterocycles. The molecule has 0 aliphatic heterocycles. The zero-order valence-corrected chi connectivity index (χ0v) is 9.16. The fourth-order valence-corrected chi connectivity index (χ4v) is 2.33. The van der Waals surface area contributed by atoms with E-state index >= 15 is 0 Å². The molecule has 0 unspecified atom stereocenters. The number of aromatic amines is 1. The first-order chi connectivity index (χ1) is 7.88. The van der Waals surface area contributed by atoms with E-state index in [2.05, 4.69) is 20.2 Å². The molecular weight excluding hydrogens is 222 g/mol. The summed E-state index contributed by atoms with van der Waals surface area (Å²) in [5, 5.41) is 10.9. The number of H-pyrrole nitrogens is 1. The van der Waals surface area contributed by atoms with Crippen molar-refractivity contribution in [3.8, 4) is 10.6 Å². The van der Waals surface area contributed by atoms with E-state index in [1.807, 2.05) is 18.3 Å². The Morgan fingerprint density at radius 1 is 1.38 bits per heavy atom. The first kappa shape index (κ1) is 9.44. The first-order valence-corrected chi connectivity index (χ1v) is 5.65. The molecule has 0 aliphatic carbocycles. The third-order valence-corrected chi connectivity index (χ3v) is 3.30. The summed E-state index contributed by atoms with van der Waals surface area (Å²) < 4.78 is 0. The molecule has 0 saturated heterocycles. The molecule has 0 fully saturated rings. The molecule has 0 spiro atoms. The molecule has 0 bridgehead atoms. The molecule has 0 amide bonds. The van der Waals surface area contributed by atoms with Crippen molar-refractivity contribution in [3.05, 3.63) is 29.5 Å². The molecule has 3 aromatic heterocycles. The van der Waals surface area contributed by atoms with Gasteiger partial charge in [0.1, 0.15) is 15.7 Å². The highest BCUT2D eigenvalue weighted by Crippen LogP contribution is 2.29. The summed E-state index contributed by atoms with van der Waals surface area (Å²) in [6.45, 7) is 0.429. The maximum Gasteiger partial charge on any atom is 0.150 e. The molecular formula is C10H9N5S. The molecule has 0 atom stereocenters. The third-order valence-electron chi connectivity index (χ3n) is 2.32. The van der Waals surface area contributed by atoms with Gasteiger partial charge < -0.3 is 10.7 Å². The minimum Gasteiger partial charge on any atom is -0.345 e. The Bertz CT molecular complexity index is 627. The second-order valence-corrected chi connectivity index (χ2v) is 4.37. The Hall–Kier alpha value is -1.79. The smallest absolute Gasteiger partial charge is 0.150 e. The van der Waals surface area contributed by atoms with Crippen LogP contribution in [0.15, 0.2) is 24.5 Å². The molecule has 0 saturated carbocycles. The van der Waals surface area contributed by atoms with E-state index in [9.17, 15) is 0 Å². The Morgan fingerprint density at radius 2 is 2.31 bits per heavy atom. The van der Waals surface area contributed by atoms with E-state index in [-0.39, 0.29) is 0 Å². The fourth-order valence-electron chi connectivity index (χ4n) is 1.58. The molecule has 6 heteroatoms. The van der Waals surface area contributed by atoms with Crippen molar-refractivity contribution in [2.75, 3.05) is 0 Å². The highest BCUT2D eigenvalue weighted by molar-refractivity contribution is 7.14. The monoisotopic (exact) mass is 231 g/mol. The van der Waals surface area contributed by atoms with Crippen LogP contribution < -0.4 is 5.73 Å². The van der Waals surface area contributed by atoms with Crippen molar-refractivity contribution >= 4 is 22.4 Å². The van der Waals surface area contributed by atoms with Crippen LogP contribution in [0.4, 0.5) is 0 Å². The van der Waals surface area contributed by atoms with Crippen molar-refractivity contribution < 1.29 is 0 Å². The molecule has 0 radical (unpaired) electrons. The van der Waals surface area contributed by atoms with Gasteiger partial charge in [0, 0.05) is 29.9 Å². The van der Waals surface area contributed by atoms with Gasteiger partial charge >= 0.3 is 0 Å². The second kappa shape index (κ2) is 3.66. The predicted octanol–water partition coefficient (Wildman–Crippen LogP) is 1.54. The number of pyridine rings is 1. The highest BCUT2D eigenvalue weighted by Gasteiger charge is 2.10. The lowest BCUT2D eigenvalue weighted by Gasteiger charge is -1.90. The van der Waals surface area contributed by atoms with E-state index in [4.69, 9.17) is 5.73 Å². The average Bonchev–Trinajstić information content (AvgIpc) is 2.94. The van der Waals surface area contributed by atoms with E-state index in [0.717, 1.165) is 26.6 Å². The number of nitrogens with zero attached hydrogens (tertiary/aromatic N) is 3. The maximum absolute atomic E-state index is 5.52.